The second kappa shape index (κ2) is 6.26. The number of hydrogen-bond donors (Lipinski definition) is 0. The lowest BCUT2D eigenvalue weighted by atomic mass is 10.0. The molecule has 0 fully saturated rings. The monoisotopic (exact) mass is 347 g/mol. The molecule has 5 heteroatoms. The Morgan fingerprint density at radius 3 is 2.40 bits per heavy atom. The highest BCUT2D eigenvalue weighted by atomic mass is 32.1. The fourth-order valence-electron chi connectivity index (χ4n) is 2.77. The molecule has 124 valence electrons. The second-order valence-electron chi connectivity index (χ2n) is 6.24. The van der Waals surface area contributed by atoms with E-state index in [0.717, 1.165) is 11.1 Å². The Kier molecular flexibility index (Phi) is 3.93. The lowest BCUT2D eigenvalue weighted by Crippen LogP contribution is -2.23. The van der Waals surface area contributed by atoms with Gasteiger partial charge in [0.25, 0.3) is 5.56 Å². The number of nitrogens with zero attached hydrogens (tertiary/aromatic N) is 3. The summed E-state index contributed by atoms with van der Waals surface area (Å²) in [5.41, 5.74) is 3.12. The van der Waals surface area contributed by atoms with E-state index in [1.165, 1.54) is 16.9 Å². The van der Waals surface area contributed by atoms with Gasteiger partial charge in [0.05, 0.1) is 4.53 Å². The summed E-state index contributed by atoms with van der Waals surface area (Å²) >= 11 is 1.37. The van der Waals surface area contributed by atoms with Crippen LogP contribution in [0.2, 0.25) is 0 Å². The van der Waals surface area contributed by atoms with Crippen molar-refractivity contribution in [3.8, 4) is 11.4 Å². The van der Waals surface area contributed by atoms with E-state index in [9.17, 15) is 4.79 Å². The third-order valence-corrected chi connectivity index (χ3v) is 5.14. The number of thiazole rings is 1. The van der Waals surface area contributed by atoms with Crippen molar-refractivity contribution in [1.29, 1.82) is 0 Å². The predicted octanol–water partition coefficient (Wildman–Crippen LogP) is 3.49. The van der Waals surface area contributed by atoms with Crippen molar-refractivity contribution in [2.75, 3.05) is 0 Å². The Labute approximate surface area is 149 Å². The molecule has 2 aromatic carbocycles. The molecule has 0 radical (unpaired) electrons. The largest absolute Gasteiger partial charge is 0.276 e. The van der Waals surface area contributed by atoms with Crippen LogP contribution in [0.15, 0.2) is 59.4 Å². The first-order chi connectivity index (χ1) is 12.1. The summed E-state index contributed by atoms with van der Waals surface area (Å²) in [5.74, 6) is 1.08. The van der Waals surface area contributed by atoms with Gasteiger partial charge >= 0.3 is 0 Å². The lowest BCUT2D eigenvalue weighted by molar-refractivity contribution is 0.866. The van der Waals surface area contributed by atoms with Gasteiger partial charge in [0.2, 0.25) is 4.96 Å². The Morgan fingerprint density at radius 2 is 1.72 bits per heavy atom. The van der Waals surface area contributed by atoms with Crippen molar-refractivity contribution in [3.05, 3.63) is 80.6 Å². The molecule has 0 aliphatic heterocycles. The molecular weight excluding hydrogens is 330 g/mol. The maximum atomic E-state index is 12.8. The van der Waals surface area contributed by atoms with Crippen LogP contribution in [0.1, 0.15) is 30.9 Å². The maximum Gasteiger partial charge on any atom is 0.276 e. The van der Waals surface area contributed by atoms with Gasteiger partial charge in [0, 0.05) is 5.56 Å². The highest BCUT2D eigenvalue weighted by Gasteiger charge is 2.13. The van der Waals surface area contributed by atoms with Gasteiger partial charge in [-0.3, -0.25) is 4.79 Å². The molecule has 2 heterocycles. The summed E-state index contributed by atoms with van der Waals surface area (Å²) in [4.78, 5) is 13.4. The van der Waals surface area contributed by atoms with Crippen molar-refractivity contribution in [1.82, 2.24) is 14.6 Å². The standard InChI is InChI=1S/C20H17N3OS/c1-13(2)15-10-8-14(9-11-15)12-17-19(24)23-18(21-22-20(23)25-17)16-6-4-3-5-7-16/h3-13H,1-2H3/b17-12+. The van der Waals surface area contributed by atoms with Crippen LogP contribution in [-0.2, 0) is 0 Å². The summed E-state index contributed by atoms with van der Waals surface area (Å²) in [7, 11) is 0. The van der Waals surface area contributed by atoms with Crippen LogP contribution in [-0.4, -0.2) is 14.6 Å². The molecule has 25 heavy (non-hydrogen) atoms. The van der Waals surface area contributed by atoms with Gasteiger partial charge in [-0.25, -0.2) is 4.40 Å². The van der Waals surface area contributed by atoms with Crippen LogP contribution in [0.5, 0.6) is 0 Å². The van der Waals surface area contributed by atoms with Crippen molar-refractivity contribution in [3.63, 3.8) is 0 Å². The van der Waals surface area contributed by atoms with Crippen molar-refractivity contribution in [2.24, 2.45) is 0 Å². The van der Waals surface area contributed by atoms with Gasteiger partial charge in [-0.15, -0.1) is 10.2 Å². The number of aromatic nitrogens is 3. The van der Waals surface area contributed by atoms with Crippen LogP contribution in [0, 0.1) is 0 Å². The van der Waals surface area contributed by atoms with Crippen LogP contribution in [0.4, 0.5) is 0 Å². The predicted molar refractivity (Wildman–Crippen MR) is 102 cm³/mol. The van der Waals surface area contributed by atoms with Crippen LogP contribution in [0.25, 0.3) is 22.4 Å². The number of benzene rings is 2. The van der Waals surface area contributed by atoms with E-state index in [0.29, 0.717) is 21.2 Å². The molecule has 0 saturated heterocycles. The topological polar surface area (TPSA) is 47.3 Å². The Morgan fingerprint density at radius 1 is 1.00 bits per heavy atom. The average molecular weight is 347 g/mol. The fourth-order valence-corrected chi connectivity index (χ4v) is 3.68. The highest BCUT2D eigenvalue weighted by Crippen LogP contribution is 2.18. The number of rotatable bonds is 3. The summed E-state index contributed by atoms with van der Waals surface area (Å²) < 4.78 is 2.26. The molecule has 4 nitrogen and oxygen atoms in total. The Hall–Kier alpha value is -2.79. The smallest absolute Gasteiger partial charge is 0.267 e. The molecule has 0 aliphatic rings. The zero-order valence-corrected chi connectivity index (χ0v) is 14.8. The van der Waals surface area contributed by atoms with Gasteiger partial charge in [-0.2, -0.15) is 0 Å². The van der Waals surface area contributed by atoms with Crippen LogP contribution >= 0.6 is 11.3 Å². The molecule has 4 rings (SSSR count). The number of hydrogen-bond acceptors (Lipinski definition) is 4. The molecule has 0 bridgehead atoms. The summed E-state index contributed by atoms with van der Waals surface area (Å²) in [6, 6.07) is 18.0. The van der Waals surface area contributed by atoms with E-state index in [4.69, 9.17) is 0 Å². The number of fused-ring (bicyclic) bond motifs is 1. The lowest BCUT2D eigenvalue weighted by Gasteiger charge is -2.04. The van der Waals surface area contributed by atoms with E-state index in [1.807, 2.05) is 48.5 Å². The highest BCUT2D eigenvalue weighted by molar-refractivity contribution is 7.15. The van der Waals surface area contributed by atoms with E-state index >= 15 is 0 Å². The van der Waals surface area contributed by atoms with Crippen LogP contribution < -0.4 is 10.1 Å². The molecule has 0 unspecified atom stereocenters. The van der Waals surface area contributed by atoms with E-state index in [-0.39, 0.29) is 5.56 Å². The first-order valence-corrected chi connectivity index (χ1v) is 9.00. The van der Waals surface area contributed by atoms with Gasteiger partial charge in [-0.05, 0) is 23.1 Å². The van der Waals surface area contributed by atoms with E-state index in [1.54, 1.807) is 4.40 Å². The molecule has 0 N–H and O–H groups in total. The first kappa shape index (κ1) is 15.7. The van der Waals surface area contributed by atoms with Crippen molar-refractivity contribution in [2.45, 2.75) is 19.8 Å². The minimum Gasteiger partial charge on any atom is -0.267 e. The SMILES string of the molecule is CC(C)c1ccc(/C=c2/sc3nnc(-c4ccccc4)n3c2=O)cc1. The minimum atomic E-state index is -0.0724. The normalized spacial score (nSPS) is 12.4. The van der Waals surface area contributed by atoms with E-state index < -0.39 is 0 Å². The summed E-state index contributed by atoms with van der Waals surface area (Å²) in [6.45, 7) is 4.34. The molecule has 0 saturated carbocycles. The quantitative estimate of drug-likeness (QED) is 0.570. The van der Waals surface area contributed by atoms with Crippen molar-refractivity contribution < 1.29 is 0 Å². The van der Waals surface area contributed by atoms with Gasteiger partial charge in [0.1, 0.15) is 0 Å². The van der Waals surface area contributed by atoms with Gasteiger partial charge < -0.3 is 0 Å². The molecule has 0 aliphatic carbocycles. The van der Waals surface area contributed by atoms with Crippen molar-refractivity contribution >= 4 is 22.4 Å². The molecule has 0 amide bonds. The van der Waals surface area contributed by atoms with Gasteiger partial charge in [0.15, 0.2) is 5.82 Å². The third kappa shape index (κ3) is 2.87. The first-order valence-electron chi connectivity index (χ1n) is 8.18. The third-order valence-electron chi connectivity index (χ3n) is 4.18. The fraction of sp³-hybridized carbons (Fsp3) is 0.150. The molecule has 0 spiro atoms. The zero-order valence-electron chi connectivity index (χ0n) is 14.0. The molecule has 0 atom stereocenters. The Balaban J connectivity index is 1.83. The molecule has 2 aromatic heterocycles. The maximum absolute atomic E-state index is 12.8. The van der Waals surface area contributed by atoms with E-state index in [2.05, 4.69) is 36.2 Å². The summed E-state index contributed by atoms with van der Waals surface area (Å²) in [6.07, 6.45) is 1.92. The molecule has 4 aromatic rings. The zero-order chi connectivity index (χ0) is 17.4. The average Bonchev–Trinajstić information content (AvgIpc) is 3.17. The second-order valence-corrected chi connectivity index (χ2v) is 7.25. The molecular formula is C20H17N3OS. The van der Waals surface area contributed by atoms with Crippen LogP contribution in [0.3, 0.4) is 0 Å². The Bertz CT molecular complexity index is 1130. The minimum absolute atomic E-state index is 0.0724. The van der Waals surface area contributed by atoms with Gasteiger partial charge in [-0.1, -0.05) is 79.8 Å². The summed E-state index contributed by atoms with van der Waals surface area (Å²) in [5, 5.41) is 8.34.